The van der Waals surface area contributed by atoms with Crippen molar-refractivity contribution in [3.63, 3.8) is 0 Å². The minimum atomic E-state index is -0.560. The first-order chi connectivity index (χ1) is 16.8. The molecule has 35 heavy (non-hydrogen) atoms. The predicted octanol–water partition coefficient (Wildman–Crippen LogP) is 3.08. The molecular formula is C25H32N4O5S. The fourth-order valence-corrected chi connectivity index (χ4v) is 4.79. The standard InChI is InChI=1S/C25H32N4O5S/c1-7-12-34-24(31)22-16(2)27-25-29(18(15-35-25)14-21(30)26-10-11-28(3)4)23(22)17-8-9-19(32-5)20(13-17)33-6/h7-9,13,15,23H,1,10-12,14H2,2-6H3,(H,26,30)/t23-/m0/s1. The number of benzene rings is 1. The van der Waals surface area contributed by atoms with Crippen LogP contribution in [-0.2, 0) is 14.3 Å². The molecule has 0 saturated carbocycles. The van der Waals surface area contributed by atoms with E-state index >= 15 is 0 Å². The van der Waals surface area contributed by atoms with Gasteiger partial charge in [0.2, 0.25) is 5.91 Å². The highest BCUT2D eigenvalue weighted by Gasteiger charge is 2.41. The Labute approximate surface area is 210 Å². The van der Waals surface area contributed by atoms with E-state index in [1.807, 2.05) is 41.4 Å². The van der Waals surface area contributed by atoms with Crippen molar-refractivity contribution in [2.24, 2.45) is 4.99 Å². The number of thioether (sulfide) groups is 1. The van der Waals surface area contributed by atoms with E-state index in [0.717, 1.165) is 17.8 Å². The van der Waals surface area contributed by atoms with E-state index in [-0.39, 0.29) is 18.9 Å². The van der Waals surface area contributed by atoms with Gasteiger partial charge in [-0.2, -0.15) is 0 Å². The van der Waals surface area contributed by atoms with Gasteiger partial charge in [0.05, 0.1) is 38.0 Å². The van der Waals surface area contributed by atoms with Crippen LogP contribution in [0.4, 0.5) is 0 Å². The molecule has 0 aliphatic carbocycles. The van der Waals surface area contributed by atoms with Crippen molar-refractivity contribution in [1.82, 2.24) is 15.1 Å². The summed E-state index contributed by atoms with van der Waals surface area (Å²) < 4.78 is 16.3. The molecule has 2 aliphatic heterocycles. The molecule has 9 nitrogen and oxygen atoms in total. The number of allylic oxidation sites excluding steroid dienone is 1. The van der Waals surface area contributed by atoms with Crippen LogP contribution in [-0.4, -0.2) is 74.9 Å². The number of likely N-dealkylation sites (N-methyl/N-ethyl adjacent to an activating group) is 1. The summed E-state index contributed by atoms with van der Waals surface area (Å²) in [5.74, 6) is 0.512. The predicted molar refractivity (Wildman–Crippen MR) is 137 cm³/mol. The van der Waals surface area contributed by atoms with Gasteiger partial charge in [0.15, 0.2) is 16.7 Å². The van der Waals surface area contributed by atoms with Gasteiger partial charge >= 0.3 is 5.97 Å². The lowest BCUT2D eigenvalue weighted by Crippen LogP contribution is -2.38. The van der Waals surface area contributed by atoms with Gasteiger partial charge in [-0.3, -0.25) is 4.79 Å². The molecule has 0 bridgehead atoms. The van der Waals surface area contributed by atoms with E-state index in [4.69, 9.17) is 14.2 Å². The second kappa shape index (κ2) is 11.9. The molecule has 1 atom stereocenters. The Morgan fingerprint density at radius 3 is 2.66 bits per heavy atom. The molecule has 1 aromatic carbocycles. The number of nitrogens with zero attached hydrogens (tertiary/aromatic N) is 3. The number of rotatable bonds is 11. The summed E-state index contributed by atoms with van der Waals surface area (Å²) in [6.45, 7) is 6.78. The largest absolute Gasteiger partial charge is 0.493 e. The van der Waals surface area contributed by atoms with E-state index in [1.54, 1.807) is 27.2 Å². The Bertz CT molecular complexity index is 1080. The number of amides is 1. The van der Waals surface area contributed by atoms with Crippen LogP contribution in [0.15, 0.2) is 58.2 Å². The Balaban J connectivity index is 1.99. The monoisotopic (exact) mass is 500 g/mol. The highest BCUT2D eigenvalue weighted by atomic mass is 32.2. The van der Waals surface area contributed by atoms with Crippen LogP contribution in [0.25, 0.3) is 0 Å². The molecule has 0 spiro atoms. The molecule has 1 amide bonds. The number of hydrogen-bond acceptors (Lipinski definition) is 9. The minimum Gasteiger partial charge on any atom is -0.493 e. The molecule has 188 valence electrons. The fraction of sp³-hybridized carbons (Fsp3) is 0.400. The number of amidine groups is 1. The van der Waals surface area contributed by atoms with Gasteiger partial charge in [0, 0.05) is 18.8 Å². The fourth-order valence-electron chi connectivity index (χ4n) is 3.83. The molecule has 10 heteroatoms. The Morgan fingerprint density at radius 2 is 2.00 bits per heavy atom. The van der Waals surface area contributed by atoms with Crippen LogP contribution in [0.3, 0.4) is 0 Å². The molecule has 0 fully saturated rings. The van der Waals surface area contributed by atoms with E-state index < -0.39 is 12.0 Å². The molecule has 0 unspecified atom stereocenters. The van der Waals surface area contributed by atoms with Gasteiger partial charge in [-0.05, 0) is 44.1 Å². The average Bonchev–Trinajstić information content (AvgIpc) is 3.22. The van der Waals surface area contributed by atoms with Crippen molar-refractivity contribution in [3.8, 4) is 11.5 Å². The number of methoxy groups -OCH3 is 2. The number of nitrogens with one attached hydrogen (secondary N) is 1. The van der Waals surface area contributed by atoms with Crippen molar-refractivity contribution in [3.05, 3.63) is 58.8 Å². The summed E-state index contributed by atoms with van der Waals surface area (Å²) >= 11 is 1.42. The van der Waals surface area contributed by atoms with Crippen LogP contribution in [0.2, 0.25) is 0 Å². The van der Waals surface area contributed by atoms with Crippen LogP contribution in [0, 0.1) is 0 Å². The minimum absolute atomic E-state index is 0.0799. The van der Waals surface area contributed by atoms with Crippen LogP contribution in [0.5, 0.6) is 11.5 Å². The molecular weight excluding hydrogens is 468 g/mol. The van der Waals surface area contributed by atoms with Crippen LogP contribution in [0.1, 0.15) is 24.9 Å². The lowest BCUT2D eigenvalue weighted by Gasteiger charge is -2.36. The first-order valence-electron chi connectivity index (χ1n) is 11.2. The Kier molecular flexibility index (Phi) is 9.00. The molecule has 0 aromatic heterocycles. The van der Waals surface area contributed by atoms with Crippen molar-refractivity contribution < 1.29 is 23.8 Å². The first-order valence-corrected chi connectivity index (χ1v) is 12.0. The van der Waals surface area contributed by atoms with E-state index in [0.29, 0.717) is 34.5 Å². The zero-order valence-electron chi connectivity index (χ0n) is 20.8. The number of fused-ring (bicyclic) bond motifs is 1. The number of aliphatic imine (C=N–C) groups is 1. The normalized spacial score (nSPS) is 17.0. The van der Waals surface area contributed by atoms with E-state index in [2.05, 4.69) is 16.9 Å². The average molecular weight is 501 g/mol. The molecule has 0 radical (unpaired) electrons. The summed E-state index contributed by atoms with van der Waals surface area (Å²) in [6.07, 6.45) is 1.67. The van der Waals surface area contributed by atoms with Crippen molar-refractivity contribution in [2.75, 3.05) is 48.0 Å². The Morgan fingerprint density at radius 1 is 1.26 bits per heavy atom. The molecule has 2 heterocycles. The van der Waals surface area contributed by atoms with Crippen molar-refractivity contribution >= 4 is 28.8 Å². The first kappa shape index (κ1) is 26.4. The zero-order valence-corrected chi connectivity index (χ0v) is 21.6. The lowest BCUT2D eigenvalue weighted by atomic mass is 9.93. The summed E-state index contributed by atoms with van der Waals surface area (Å²) in [4.78, 5) is 34.5. The summed E-state index contributed by atoms with van der Waals surface area (Å²) in [5.41, 5.74) is 2.48. The molecule has 0 saturated heterocycles. The van der Waals surface area contributed by atoms with Gasteiger partial charge in [-0.1, -0.05) is 30.5 Å². The maximum atomic E-state index is 13.2. The number of esters is 1. The van der Waals surface area contributed by atoms with Gasteiger partial charge in [0.25, 0.3) is 0 Å². The molecule has 2 aliphatic rings. The highest BCUT2D eigenvalue weighted by Crippen LogP contribution is 2.46. The van der Waals surface area contributed by atoms with Gasteiger partial charge in [-0.25, -0.2) is 9.79 Å². The number of carbonyl (C=O) groups is 2. The molecule has 1 aromatic rings. The van der Waals surface area contributed by atoms with Crippen molar-refractivity contribution in [2.45, 2.75) is 19.4 Å². The second-order valence-corrected chi connectivity index (χ2v) is 9.06. The molecule has 1 N–H and O–H groups in total. The Hall–Kier alpha value is -3.24. The quantitative estimate of drug-likeness (QED) is 0.366. The van der Waals surface area contributed by atoms with Crippen LogP contribution < -0.4 is 14.8 Å². The third-order valence-electron chi connectivity index (χ3n) is 5.50. The number of ether oxygens (including phenoxy) is 3. The third-order valence-corrected chi connectivity index (χ3v) is 6.39. The van der Waals surface area contributed by atoms with Crippen LogP contribution >= 0.6 is 11.8 Å². The van der Waals surface area contributed by atoms with Gasteiger partial charge in [0.1, 0.15) is 6.61 Å². The smallest absolute Gasteiger partial charge is 0.338 e. The lowest BCUT2D eigenvalue weighted by molar-refractivity contribution is -0.138. The van der Waals surface area contributed by atoms with Crippen molar-refractivity contribution in [1.29, 1.82) is 0 Å². The third kappa shape index (κ3) is 6.07. The van der Waals surface area contributed by atoms with E-state index in [9.17, 15) is 9.59 Å². The topological polar surface area (TPSA) is 92.7 Å². The summed E-state index contributed by atoms with van der Waals surface area (Å²) in [5, 5.41) is 5.55. The maximum Gasteiger partial charge on any atom is 0.338 e. The number of carbonyl (C=O) groups excluding carboxylic acids is 2. The SMILES string of the molecule is C=CCOC(=O)C1=C(C)N=C2SC=C(CC(=O)NCCN(C)C)N2[C@H]1c1ccc(OC)c(OC)c1. The maximum absolute atomic E-state index is 13.2. The van der Waals surface area contributed by atoms with Gasteiger partial charge in [-0.15, -0.1) is 0 Å². The molecule has 3 rings (SSSR count). The second-order valence-electron chi connectivity index (χ2n) is 8.22. The zero-order chi connectivity index (χ0) is 25.5. The van der Waals surface area contributed by atoms with Gasteiger partial charge < -0.3 is 29.3 Å². The summed E-state index contributed by atoms with van der Waals surface area (Å²) in [7, 11) is 7.03. The number of hydrogen-bond donors (Lipinski definition) is 1. The summed E-state index contributed by atoms with van der Waals surface area (Å²) in [6, 6.07) is 4.94. The highest BCUT2D eigenvalue weighted by molar-refractivity contribution is 8.16. The van der Waals surface area contributed by atoms with E-state index in [1.165, 1.54) is 17.8 Å².